The van der Waals surface area contributed by atoms with Gasteiger partial charge in [-0.05, 0) is 51.8 Å². The van der Waals surface area contributed by atoms with Crippen molar-refractivity contribution < 1.29 is 9.53 Å². The molecule has 0 aliphatic heterocycles. The summed E-state index contributed by atoms with van der Waals surface area (Å²) in [6.07, 6.45) is 6.07. The van der Waals surface area contributed by atoms with Gasteiger partial charge >= 0.3 is 5.36 Å². The topological polar surface area (TPSA) is 79.8 Å². The molecule has 0 aromatic heterocycles. The van der Waals surface area contributed by atoms with Crippen LogP contribution in [0.25, 0.3) is 16.3 Å². The Kier molecular flexibility index (Phi) is 5.61. The van der Waals surface area contributed by atoms with Crippen molar-refractivity contribution in [2.75, 3.05) is 6.61 Å². The maximum absolute atomic E-state index is 12.1. The van der Waals surface area contributed by atoms with E-state index in [1.165, 1.54) is 17.2 Å². The van der Waals surface area contributed by atoms with Gasteiger partial charge in [-0.25, -0.2) is 0 Å². The first-order valence-electron chi connectivity index (χ1n) is 7.82. The summed E-state index contributed by atoms with van der Waals surface area (Å²) in [7, 11) is 0. The van der Waals surface area contributed by atoms with E-state index in [2.05, 4.69) is 24.7 Å². The van der Waals surface area contributed by atoms with Gasteiger partial charge < -0.3 is 10.3 Å². The number of benzene rings is 1. The van der Waals surface area contributed by atoms with Gasteiger partial charge in [-0.15, -0.1) is 0 Å². The number of allylic oxidation sites excluding steroid dienone is 3. The van der Waals surface area contributed by atoms with Gasteiger partial charge in [-0.3, -0.25) is 9.59 Å². The Morgan fingerprint density at radius 1 is 1.17 bits per heavy atom. The lowest BCUT2D eigenvalue weighted by Crippen LogP contribution is -2.32. The van der Waals surface area contributed by atoms with Crippen LogP contribution in [-0.2, 0) is 0 Å². The van der Waals surface area contributed by atoms with E-state index in [1.54, 1.807) is 12.1 Å². The third-order valence-corrected chi connectivity index (χ3v) is 3.79. The predicted octanol–water partition coefficient (Wildman–Crippen LogP) is 2.64. The molecule has 0 aliphatic rings. The Bertz CT molecular complexity index is 982. The van der Waals surface area contributed by atoms with E-state index in [0.29, 0.717) is 12.4 Å². The van der Waals surface area contributed by atoms with Crippen molar-refractivity contribution in [3.8, 4) is 5.75 Å². The highest BCUT2D eigenvalue weighted by Gasteiger charge is 2.19. The van der Waals surface area contributed by atoms with E-state index in [9.17, 15) is 9.59 Å². The molecule has 0 unspecified atom stereocenters. The number of hydrogen-bond acceptors (Lipinski definition) is 3. The van der Waals surface area contributed by atoms with Crippen molar-refractivity contribution in [1.29, 1.82) is 0 Å². The quantitative estimate of drug-likeness (QED) is 0.465. The summed E-state index contributed by atoms with van der Waals surface area (Å²) < 4.78 is 5.66. The third kappa shape index (κ3) is 3.76. The predicted molar refractivity (Wildman–Crippen MR) is 93.5 cm³/mol. The van der Waals surface area contributed by atoms with Crippen LogP contribution < -0.4 is 21.0 Å². The fourth-order valence-electron chi connectivity index (χ4n) is 2.48. The molecule has 5 heteroatoms. The molecule has 0 saturated heterocycles. The van der Waals surface area contributed by atoms with Crippen molar-refractivity contribution in [3.05, 3.63) is 72.8 Å². The number of nitrogens with zero attached hydrogens (tertiary/aromatic N) is 2. The Morgan fingerprint density at radius 2 is 1.92 bits per heavy atom. The lowest BCUT2D eigenvalue weighted by Gasteiger charge is -2.05. The van der Waals surface area contributed by atoms with E-state index < -0.39 is 16.2 Å². The van der Waals surface area contributed by atoms with E-state index >= 15 is 0 Å². The van der Waals surface area contributed by atoms with Gasteiger partial charge in [0.2, 0.25) is 0 Å². The fourth-order valence-corrected chi connectivity index (χ4v) is 2.48. The highest BCUT2D eigenvalue weighted by atomic mass is 16.5. The third-order valence-electron chi connectivity index (χ3n) is 3.79. The van der Waals surface area contributed by atoms with Gasteiger partial charge in [0.05, 0.1) is 5.39 Å². The first-order chi connectivity index (χ1) is 11.5. The normalized spacial score (nSPS) is 11.4. The number of ether oxygens (including phenoxy) is 1. The Morgan fingerprint density at radius 3 is 2.58 bits per heavy atom. The van der Waals surface area contributed by atoms with Crippen LogP contribution in [0.1, 0.15) is 33.6 Å². The van der Waals surface area contributed by atoms with Gasteiger partial charge in [0.25, 0.3) is 10.9 Å². The smallest absolute Gasteiger partial charge is 0.410 e. The molecule has 0 amide bonds. The van der Waals surface area contributed by atoms with Crippen LogP contribution in [0, 0.1) is 0 Å². The monoisotopic (exact) mass is 324 g/mol. The lowest BCUT2D eigenvalue weighted by atomic mass is 10.1. The molecular weight excluding hydrogens is 304 g/mol. The van der Waals surface area contributed by atoms with Crippen molar-refractivity contribution >= 4 is 10.8 Å². The van der Waals surface area contributed by atoms with Gasteiger partial charge in [0.1, 0.15) is 12.4 Å². The molecule has 0 aliphatic carbocycles. The van der Waals surface area contributed by atoms with Crippen molar-refractivity contribution in [2.45, 2.75) is 33.6 Å². The van der Waals surface area contributed by atoms with Crippen LogP contribution in [-0.4, -0.2) is 11.4 Å². The number of rotatable bonds is 6. The molecule has 24 heavy (non-hydrogen) atoms. The van der Waals surface area contributed by atoms with E-state index in [1.807, 2.05) is 13.0 Å². The van der Waals surface area contributed by atoms with E-state index in [-0.39, 0.29) is 10.8 Å². The molecule has 0 N–H and O–H groups in total. The molecule has 0 fully saturated rings. The molecule has 2 aromatic carbocycles. The number of fused-ring (bicyclic) bond motifs is 1. The summed E-state index contributed by atoms with van der Waals surface area (Å²) in [4.78, 5) is 26.9. The second-order valence-corrected chi connectivity index (χ2v) is 5.97. The Labute approximate surface area is 139 Å². The minimum absolute atomic E-state index is 0.172. The van der Waals surface area contributed by atoms with Crippen LogP contribution in [0.4, 0.5) is 0 Å². The first kappa shape index (κ1) is 17.6. The van der Waals surface area contributed by atoms with Crippen molar-refractivity contribution in [1.82, 2.24) is 0 Å². The molecule has 0 bridgehead atoms. The molecule has 0 heterocycles. The van der Waals surface area contributed by atoms with E-state index in [0.717, 1.165) is 12.8 Å². The minimum atomic E-state index is -0.600. The molecule has 0 spiro atoms. The lowest BCUT2D eigenvalue weighted by molar-refractivity contribution is -0.0674. The standard InChI is InChI=1S/C19H20N2O3/c1-12(2)6-4-7-13(3)10-11-24-15-9-5-8-14-16(15)19(23)17(21-20)18(14)22/h5-6,8-10H,4,7,11H2,1-3H3/b13-10+. The molecule has 0 saturated carbocycles. The second-order valence-electron chi connectivity index (χ2n) is 5.97. The Hall–Kier alpha value is -2.78. The molecular formula is C19H20N2O3. The van der Waals surface area contributed by atoms with Crippen molar-refractivity contribution in [3.63, 3.8) is 0 Å². The highest BCUT2D eigenvalue weighted by molar-refractivity contribution is 5.89. The average molecular weight is 324 g/mol. The van der Waals surface area contributed by atoms with Gasteiger partial charge in [0, 0.05) is 5.39 Å². The summed E-state index contributed by atoms with van der Waals surface area (Å²) in [5, 5.41) is -0.0741. The second kappa shape index (κ2) is 7.66. The van der Waals surface area contributed by atoms with Crippen LogP contribution in [0.5, 0.6) is 5.75 Å². The molecule has 5 nitrogen and oxygen atoms in total. The summed E-state index contributed by atoms with van der Waals surface area (Å²) in [6.45, 7) is 6.48. The van der Waals surface area contributed by atoms with Crippen LogP contribution in [0.2, 0.25) is 0 Å². The summed E-state index contributed by atoms with van der Waals surface area (Å²) >= 11 is 0. The summed E-state index contributed by atoms with van der Waals surface area (Å²) in [5.74, 6) is 0.331. The van der Waals surface area contributed by atoms with Gasteiger partial charge in [-0.1, -0.05) is 23.3 Å². The first-order valence-corrected chi connectivity index (χ1v) is 7.82. The SMILES string of the molecule is CC(C)=CCC/C(C)=C/COc1cccc2c(=O)c(=[N+]=[N-])c(=O)c12. The van der Waals surface area contributed by atoms with Crippen LogP contribution >= 0.6 is 0 Å². The molecule has 124 valence electrons. The zero-order valence-electron chi connectivity index (χ0n) is 14.1. The zero-order chi connectivity index (χ0) is 17.7. The summed E-state index contributed by atoms with van der Waals surface area (Å²) in [5.41, 5.74) is 10.1. The molecule has 2 aromatic rings. The maximum Gasteiger partial charge on any atom is 0.410 e. The number of hydrogen-bond donors (Lipinski definition) is 0. The maximum atomic E-state index is 12.1. The largest absolute Gasteiger partial charge is 0.489 e. The average Bonchev–Trinajstić information content (AvgIpc) is 2.78. The minimum Gasteiger partial charge on any atom is -0.489 e. The zero-order valence-corrected chi connectivity index (χ0v) is 14.1. The molecule has 0 radical (unpaired) electrons. The fraction of sp³-hybridized carbons (Fsp3) is 0.316. The molecule has 2 rings (SSSR count). The van der Waals surface area contributed by atoms with E-state index in [4.69, 9.17) is 10.3 Å². The highest BCUT2D eigenvalue weighted by Crippen LogP contribution is 2.19. The van der Waals surface area contributed by atoms with Crippen LogP contribution in [0.3, 0.4) is 0 Å². The summed E-state index contributed by atoms with van der Waals surface area (Å²) in [6, 6.07) is 4.81. The van der Waals surface area contributed by atoms with Crippen molar-refractivity contribution in [2.24, 2.45) is 0 Å². The van der Waals surface area contributed by atoms with Crippen LogP contribution in [0.15, 0.2) is 51.1 Å². The Balaban J connectivity index is 2.20. The van der Waals surface area contributed by atoms with Gasteiger partial charge in [-0.2, -0.15) is 4.79 Å². The van der Waals surface area contributed by atoms with Gasteiger partial charge in [0.15, 0.2) is 0 Å². The molecule has 0 atom stereocenters.